The van der Waals surface area contributed by atoms with E-state index in [2.05, 4.69) is 0 Å². The summed E-state index contributed by atoms with van der Waals surface area (Å²) in [6, 6.07) is -0.593. The van der Waals surface area contributed by atoms with E-state index in [-0.39, 0.29) is 18.5 Å². The fraction of sp³-hybridized carbons (Fsp3) is 0.800. The van der Waals surface area contributed by atoms with Crippen LogP contribution in [0, 0.1) is 17.8 Å². The molecule has 1 aliphatic carbocycles. The van der Waals surface area contributed by atoms with Crippen molar-refractivity contribution in [2.45, 2.75) is 38.6 Å². The summed E-state index contributed by atoms with van der Waals surface area (Å²) in [4.78, 5) is 36.5. The van der Waals surface area contributed by atoms with Gasteiger partial charge in [-0.15, -0.1) is 0 Å². The minimum atomic E-state index is -0.593. The third-order valence-corrected chi connectivity index (χ3v) is 4.67. The quantitative estimate of drug-likeness (QED) is 0.584. The van der Waals surface area contributed by atoms with E-state index >= 15 is 0 Å². The maximum absolute atomic E-state index is 12.1. The van der Waals surface area contributed by atoms with Crippen molar-refractivity contribution in [3.05, 3.63) is 0 Å². The van der Waals surface area contributed by atoms with Crippen LogP contribution in [0.15, 0.2) is 0 Å². The van der Waals surface area contributed by atoms with E-state index in [1.807, 2.05) is 0 Å². The summed E-state index contributed by atoms with van der Waals surface area (Å²) < 4.78 is 9.87. The van der Waals surface area contributed by atoms with Gasteiger partial charge in [0.25, 0.3) is 0 Å². The van der Waals surface area contributed by atoms with Crippen molar-refractivity contribution in [2.24, 2.45) is 17.8 Å². The predicted molar refractivity (Wildman–Crippen MR) is 74.5 cm³/mol. The second-order valence-electron chi connectivity index (χ2n) is 5.86. The minimum absolute atomic E-state index is 0.0822. The van der Waals surface area contributed by atoms with E-state index in [1.165, 1.54) is 12.0 Å². The number of rotatable bonds is 3. The Hall–Kier alpha value is -1.59. The van der Waals surface area contributed by atoms with Gasteiger partial charge in [-0.05, 0) is 44.4 Å². The lowest BCUT2D eigenvalue weighted by molar-refractivity contribution is -0.152. The van der Waals surface area contributed by atoms with Gasteiger partial charge in [0.15, 0.2) is 0 Å². The summed E-state index contributed by atoms with van der Waals surface area (Å²) in [5.41, 5.74) is 0. The molecule has 1 saturated heterocycles. The van der Waals surface area contributed by atoms with Crippen molar-refractivity contribution in [1.29, 1.82) is 0 Å². The zero-order chi connectivity index (χ0) is 15.4. The second-order valence-corrected chi connectivity index (χ2v) is 5.86. The van der Waals surface area contributed by atoms with E-state index < -0.39 is 12.1 Å². The van der Waals surface area contributed by atoms with Crippen LogP contribution in [0.2, 0.25) is 0 Å². The lowest BCUT2D eigenvalue weighted by atomic mass is 9.69. The molecule has 6 nitrogen and oxygen atoms in total. The molecule has 21 heavy (non-hydrogen) atoms. The Morgan fingerprint density at radius 2 is 2.00 bits per heavy atom. The molecule has 0 spiro atoms. The molecule has 0 aromatic carbocycles. The molecule has 1 unspecified atom stereocenters. The van der Waals surface area contributed by atoms with E-state index in [4.69, 9.17) is 9.47 Å². The number of esters is 1. The number of hydrogen-bond acceptors (Lipinski definition) is 5. The van der Waals surface area contributed by atoms with Gasteiger partial charge in [-0.1, -0.05) is 0 Å². The molecule has 4 atom stereocenters. The fourth-order valence-corrected chi connectivity index (χ4v) is 3.59. The molecular weight excluding hydrogens is 274 g/mol. The average Bonchev–Trinajstić information content (AvgIpc) is 2.52. The van der Waals surface area contributed by atoms with Crippen LogP contribution < -0.4 is 0 Å². The highest BCUT2D eigenvalue weighted by Crippen LogP contribution is 2.40. The van der Waals surface area contributed by atoms with Crippen molar-refractivity contribution in [3.8, 4) is 0 Å². The number of ether oxygens (including phenoxy) is 2. The first-order valence-corrected chi connectivity index (χ1v) is 7.57. The zero-order valence-corrected chi connectivity index (χ0v) is 12.6. The summed E-state index contributed by atoms with van der Waals surface area (Å²) in [5.74, 6) is 0.337. The molecule has 0 aromatic heterocycles. The molecule has 2 aliphatic rings. The number of methoxy groups -OCH3 is 1. The maximum Gasteiger partial charge on any atom is 0.410 e. The molecule has 118 valence electrons. The standard InChI is InChI=1S/C15H23NO5/c1-3-21-14(18)13-7-12-6-10(9-17)4-5-11(12)8-16(13)15(19)20-2/h9-13H,3-8H2,1-2H3/t10?,11-,12+,13+/m0/s1. The molecule has 0 aromatic rings. The van der Waals surface area contributed by atoms with Crippen LogP contribution in [0.5, 0.6) is 0 Å². The van der Waals surface area contributed by atoms with E-state index in [9.17, 15) is 14.4 Å². The Balaban J connectivity index is 2.13. The molecule has 0 N–H and O–H groups in total. The number of piperidine rings is 1. The molecular formula is C15H23NO5. The van der Waals surface area contributed by atoms with Crippen molar-refractivity contribution >= 4 is 18.3 Å². The highest BCUT2D eigenvalue weighted by Gasteiger charge is 2.44. The monoisotopic (exact) mass is 297 g/mol. The Morgan fingerprint density at radius 3 is 2.62 bits per heavy atom. The largest absolute Gasteiger partial charge is 0.464 e. The van der Waals surface area contributed by atoms with Gasteiger partial charge in [-0.3, -0.25) is 4.90 Å². The normalized spacial score (nSPS) is 32.0. The lowest BCUT2D eigenvalue weighted by Crippen LogP contribution is -2.55. The van der Waals surface area contributed by atoms with Gasteiger partial charge in [0.1, 0.15) is 12.3 Å². The van der Waals surface area contributed by atoms with Gasteiger partial charge in [0, 0.05) is 12.5 Å². The number of carbonyl (C=O) groups excluding carboxylic acids is 3. The number of carbonyl (C=O) groups is 3. The Morgan fingerprint density at radius 1 is 1.24 bits per heavy atom. The third kappa shape index (κ3) is 3.36. The summed E-state index contributed by atoms with van der Waals surface area (Å²) in [6.07, 6.45) is 3.68. The Labute approximate surface area is 124 Å². The number of fused-ring (bicyclic) bond motifs is 1. The first kappa shape index (κ1) is 15.8. The van der Waals surface area contributed by atoms with Crippen molar-refractivity contribution < 1.29 is 23.9 Å². The molecule has 2 rings (SSSR count). The predicted octanol–water partition coefficient (Wildman–Crippen LogP) is 1.62. The third-order valence-electron chi connectivity index (χ3n) is 4.67. The summed E-state index contributed by atoms with van der Waals surface area (Å²) >= 11 is 0. The van der Waals surface area contributed by atoms with E-state index in [1.54, 1.807) is 6.92 Å². The van der Waals surface area contributed by atoms with Gasteiger partial charge in [-0.2, -0.15) is 0 Å². The fourth-order valence-electron chi connectivity index (χ4n) is 3.59. The second kappa shape index (κ2) is 6.91. The summed E-state index contributed by atoms with van der Waals surface area (Å²) in [6.45, 7) is 2.54. The number of nitrogens with zero attached hydrogens (tertiary/aromatic N) is 1. The van der Waals surface area contributed by atoms with Gasteiger partial charge in [0.05, 0.1) is 13.7 Å². The zero-order valence-electron chi connectivity index (χ0n) is 12.6. The van der Waals surface area contributed by atoms with Crippen LogP contribution >= 0.6 is 0 Å². The van der Waals surface area contributed by atoms with Crippen LogP contribution in [0.25, 0.3) is 0 Å². The molecule has 1 heterocycles. The number of likely N-dealkylation sites (tertiary alicyclic amines) is 1. The number of aldehydes is 1. The minimum Gasteiger partial charge on any atom is -0.464 e. The van der Waals surface area contributed by atoms with E-state index in [0.29, 0.717) is 24.8 Å². The van der Waals surface area contributed by atoms with Crippen molar-refractivity contribution in [3.63, 3.8) is 0 Å². The van der Waals surface area contributed by atoms with Crippen LogP contribution in [0.1, 0.15) is 32.6 Å². The first-order valence-electron chi connectivity index (χ1n) is 7.57. The molecule has 1 saturated carbocycles. The van der Waals surface area contributed by atoms with Crippen LogP contribution in [-0.2, 0) is 19.1 Å². The molecule has 6 heteroatoms. The first-order chi connectivity index (χ1) is 10.1. The Bertz CT molecular complexity index is 411. The SMILES string of the molecule is CCOC(=O)[C@H]1C[C@H]2CC(C=O)CC[C@H]2CN1C(=O)OC. The summed E-state index contributed by atoms with van der Waals surface area (Å²) in [7, 11) is 1.32. The summed E-state index contributed by atoms with van der Waals surface area (Å²) in [5, 5.41) is 0. The highest BCUT2D eigenvalue weighted by molar-refractivity contribution is 5.81. The van der Waals surface area contributed by atoms with Gasteiger partial charge in [-0.25, -0.2) is 9.59 Å². The number of hydrogen-bond donors (Lipinski definition) is 0. The van der Waals surface area contributed by atoms with Gasteiger partial charge < -0.3 is 14.3 Å². The van der Waals surface area contributed by atoms with Crippen molar-refractivity contribution in [1.82, 2.24) is 4.90 Å². The average molecular weight is 297 g/mol. The van der Waals surface area contributed by atoms with Crippen LogP contribution in [-0.4, -0.2) is 49.6 Å². The molecule has 2 fully saturated rings. The van der Waals surface area contributed by atoms with Crippen LogP contribution in [0.3, 0.4) is 0 Å². The van der Waals surface area contributed by atoms with Crippen molar-refractivity contribution in [2.75, 3.05) is 20.3 Å². The topological polar surface area (TPSA) is 72.9 Å². The van der Waals surface area contributed by atoms with E-state index in [0.717, 1.165) is 25.5 Å². The van der Waals surface area contributed by atoms with Gasteiger partial charge in [0.2, 0.25) is 0 Å². The number of amides is 1. The molecule has 0 radical (unpaired) electrons. The lowest BCUT2D eigenvalue weighted by Gasteiger charge is -2.45. The maximum atomic E-state index is 12.1. The van der Waals surface area contributed by atoms with Gasteiger partial charge >= 0.3 is 12.1 Å². The smallest absolute Gasteiger partial charge is 0.410 e. The molecule has 1 aliphatic heterocycles. The Kier molecular flexibility index (Phi) is 5.20. The molecule has 1 amide bonds. The van der Waals surface area contributed by atoms with Crippen LogP contribution in [0.4, 0.5) is 4.79 Å². The highest BCUT2D eigenvalue weighted by atomic mass is 16.6. The molecule has 0 bridgehead atoms.